The lowest BCUT2D eigenvalue weighted by molar-refractivity contribution is 0.120. The van der Waals surface area contributed by atoms with Crippen molar-refractivity contribution >= 4 is 0 Å². The van der Waals surface area contributed by atoms with Crippen LogP contribution in [-0.2, 0) is 0 Å². The largest absolute Gasteiger partial charge is 0.326 e. The highest BCUT2D eigenvalue weighted by molar-refractivity contribution is 4.83. The second-order valence-electron chi connectivity index (χ2n) is 6.49. The standard InChI is InChI=1S/C15H31N3/c1-13(2)18-10-6-14(7-11-18)15(16)12-17-8-4-3-5-9-17/h13-15H,3-12,16H2,1-2H3. The van der Waals surface area contributed by atoms with Crippen molar-refractivity contribution < 1.29 is 0 Å². The first-order valence-electron chi connectivity index (χ1n) is 7.89. The SMILES string of the molecule is CC(C)N1CCC(C(N)CN2CCCCC2)CC1. The Morgan fingerprint density at radius 1 is 1.00 bits per heavy atom. The molecule has 0 saturated carbocycles. The minimum absolute atomic E-state index is 0.400. The number of rotatable bonds is 4. The van der Waals surface area contributed by atoms with Crippen molar-refractivity contribution in [1.29, 1.82) is 0 Å². The van der Waals surface area contributed by atoms with E-state index in [0.29, 0.717) is 12.1 Å². The predicted octanol–water partition coefficient (Wildman–Crippen LogP) is 1.92. The highest BCUT2D eigenvalue weighted by Crippen LogP contribution is 2.22. The van der Waals surface area contributed by atoms with Gasteiger partial charge in [0.2, 0.25) is 0 Å². The summed E-state index contributed by atoms with van der Waals surface area (Å²) in [5.41, 5.74) is 6.44. The zero-order valence-electron chi connectivity index (χ0n) is 12.3. The van der Waals surface area contributed by atoms with E-state index in [9.17, 15) is 0 Å². The van der Waals surface area contributed by atoms with Gasteiger partial charge < -0.3 is 15.5 Å². The van der Waals surface area contributed by atoms with Crippen LogP contribution in [-0.4, -0.2) is 54.6 Å². The fourth-order valence-corrected chi connectivity index (χ4v) is 3.45. The molecule has 18 heavy (non-hydrogen) atoms. The maximum Gasteiger partial charge on any atom is 0.0197 e. The Bertz CT molecular complexity index is 228. The zero-order chi connectivity index (χ0) is 13.0. The van der Waals surface area contributed by atoms with E-state index in [1.165, 1.54) is 58.3 Å². The summed E-state index contributed by atoms with van der Waals surface area (Å²) < 4.78 is 0. The van der Waals surface area contributed by atoms with Gasteiger partial charge in [-0.15, -0.1) is 0 Å². The van der Waals surface area contributed by atoms with Crippen LogP contribution in [0.25, 0.3) is 0 Å². The van der Waals surface area contributed by atoms with Gasteiger partial charge in [0.1, 0.15) is 0 Å². The molecule has 3 heteroatoms. The lowest BCUT2D eigenvalue weighted by Gasteiger charge is -2.38. The van der Waals surface area contributed by atoms with Gasteiger partial charge in [-0.1, -0.05) is 6.42 Å². The molecule has 1 unspecified atom stereocenters. The van der Waals surface area contributed by atoms with Crippen LogP contribution in [0, 0.1) is 5.92 Å². The third-order valence-electron chi connectivity index (χ3n) is 4.83. The average Bonchev–Trinajstić information content (AvgIpc) is 2.40. The summed E-state index contributed by atoms with van der Waals surface area (Å²) in [5.74, 6) is 0.752. The van der Waals surface area contributed by atoms with Crippen LogP contribution in [0.3, 0.4) is 0 Å². The van der Waals surface area contributed by atoms with E-state index in [0.717, 1.165) is 12.5 Å². The van der Waals surface area contributed by atoms with Crippen LogP contribution in [0.15, 0.2) is 0 Å². The van der Waals surface area contributed by atoms with Crippen molar-refractivity contribution in [3.8, 4) is 0 Å². The van der Waals surface area contributed by atoms with Gasteiger partial charge >= 0.3 is 0 Å². The monoisotopic (exact) mass is 253 g/mol. The average molecular weight is 253 g/mol. The van der Waals surface area contributed by atoms with Gasteiger partial charge in [0.05, 0.1) is 0 Å². The summed E-state index contributed by atoms with van der Waals surface area (Å²) >= 11 is 0. The van der Waals surface area contributed by atoms with Crippen molar-refractivity contribution in [2.24, 2.45) is 11.7 Å². The molecule has 2 N–H and O–H groups in total. The molecule has 0 radical (unpaired) electrons. The number of piperidine rings is 2. The normalized spacial score (nSPS) is 26.7. The molecule has 0 bridgehead atoms. The minimum atomic E-state index is 0.400. The molecule has 0 aromatic carbocycles. The van der Waals surface area contributed by atoms with E-state index >= 15 is 0 Å². The molecule has 0 aromatic heterocycles. The molecule has 2 fully saturated rings. The van der Waals surface area contributed by atoms with E-state index in [1.807, 2.05) is 0 Å². The van der Waals surface area contributed by atoms with E-state index in [4.69, 9.17) is 5.73 Å². The molecule has 0 aliphatic carbocycles. The fourth-order valence-electron chi connectivity index (χ4n) is 3.45. The van der Waals surface area contributed by atoms with Crippen molar-refractivity contribution in [3.63, 3.8) is 0 Å². The van der Waals surface area contributed by atoms with Crippen molar-refractivity contribution in [3.05, 3.63) is 0 Å². The molecule has 3 nitrogen and oxygen atoms in total. The van der Waals surface area contributed by atoms with Gasteiger partial charge in [-0.05, 0) is 71.6 Å². The first-order valence-corrected chi connectivity index (χ1v) is 7.89. The number of hydrogen-bond acceptors (Lipinski definition) is 3. The van der Waals surface area contributed by atoms with Crippen LogP contribution in [0.2, 0.25) is 0 Å². The van der Waals surface area contributed by atoms with Gasteiger partial charge in [0, 0.05) is 18.6 Å². The Hall–Kier alpha value is -0.120. The van der Waals surface area contributed by atoms with Crippen molar-refractivity contribution in [1.82, 2.24) is 9.80 Å². The molecule has 106 valence electrons. The van der Waals surface area contributed by atoms with Gasteiger partial charge in [-0.25, -0.2) is 0 Å². The van der Waals surface area contributed by atoms with Crippen LogP contribution in [0.5, 0.6) is 0 Å². The number of nitrogens with zero attached hydrogens (tertiary/aromatic N) is 2. The molecular formula is C15H31N3. The molecule has 0 amide bonds. The minimum Gasteiger partial charge on any atom is -0.326 e. The molecule has 1 atom stereocenters. The van der Waals surface area contributed by atoms with Gasteiger partial charge in [0.15, 0.2) is 0 Å². The van der Waals surface area contributed by atoms with Gasteiger partial charge in [-0.3, -0.25) is 0 Å². The summed E-state index contributed by atoms with van der Waals surface area (Å²) in [6, 6.07) is 1.10. The Labute approximate surface area is 113 Å². The smallest absolute Gasteiger partial charge is 0.0197 e. The molecule has 2 aliphatic heterocycles. The van der Waals surface area contributed by atoms with Crippen molar-refractivity contribution in [2.45, 2.75) is 58.0 Å². The summed E-state index contributed by atoms with van der Waals surface area (Å²) in [7, 11) is 0. The molecule has 2 heterocycles. The van der Waals surface area contributed by atoms with E-state index in [-0.39, 0.29) is 0 Å². The van der Waals surface area contributed by atoms with Crippen molar-refractivity contribution in [2.75, 3.05) is 32.7 Å². The van der Waals surface area contributed by atoms with Crippen LogP contribution in [0.1, 0.15) is 46.0 Å². The zero-order valence-corrected chi connectivity index (χ0v) is 12.3. The number of hydrogen-bond donors (Lipinski definition) is 1. The second-order valence-corrected chi connectivity index (χ2v) is 6.49. The second kappa shape index (κ2) is 6.88. The third kappa shape index (κ3) is 3.94. The predicted molar refractivity (Wildman–Crippen MR) is 77.7 cm³/mol. The fraction of sp³-hybridized carbons (Fsp3) is 1.00. The number of likely N-dealkylation sites (tertiary alicyclic amines) is 2. The topological polar surface area (TPSA) is 32.5 Å². The Morgan fingerprint density at radius 3 is 2.17 bits per heavy atom. The Morgan fingerprint density at radius 2 is 1.61 bits per heavy atom. The highest BCUT2D eigenvalue weighted by Gasteiger charge is 2.26. The van der Waals surface area contributed by atoms with Crippen LogP contribution >= 0.6 is 0 Å². The molecular weight excluding hydrogens is 222 g/mol. The first kappa shape index (κ1) is 14.3. The third-order valence-corrected chi connectivity index (χ3v) is 4.83. The van der Waals surface area contributed by atoms with E-state index < -0.39 is 0 Å². The van der Waals surface area contributed by atoms with E-state index in [1.54, 1.807) is 0 Å². The molecule has 0 spiro atoms. The Kier molecular flexibility index (Phi) is 5.46. The molecule has 2 rings (SSSR count). The molecule has 2 saturated heterocycles. The summed E-state index contributed by atoms with van der Waals surface area (Å²) in [6.07, 6.45) is 6.76. The lowest BCUT2D eigenvalue weighted by atomic mass is 9.89. The maximum absolute atomic E-state index is 6.44. The van der Waals surface area contributed by atoms with Gasteiger partial charge in [-0.2, -0.15) is 0 Å². The van der Waals surface area contributed by atoms with Crippen LogP contribution in [0.4, 0.5) is 0 Å². The van der Waals surface area contributed by atoms with Crippen LogP contribution < -0.4 is 5.73 Å². The summed E-state index contributed by atoms with van der Waals surface area (Å²) in [6.45, 7) is 10.8. The molecule has 2 aliphatic rings. The summed E-state index contributed by atoms with van der Waals surface area (Å²) in [4.78, 5) is 5.17. The quantitative estimate of drug-likeness (QED) is 0.831. The molecule has 0 aromatic rings. The van der Waals surface area contributed by atoms with E-state index in [2.05, 4.69) is 23.6 Å². The Balaban J connectivity index is 1.71. The number of nitrogens with two attached hydrogens (primary N) is 1. The maximum atomic E-state index is 6.44. The first-order chi connectivity index (χ1) is 8.66. The highest BCUT2D eigenvalue weighted by atomic mass is 15.2. The lowest BCUT2D eigenvalue weighted by Crippen LogP contribution is -2.48. The van der Waals surface area contributed by atoms with Gasteiger partial charge in [0.25, 0.3) is 0 Å². The summed E-state index contributed by atoms with van der Waals surface area (Å²) in [5, 5.41) is 0.